The van der Waals surface area contributed by atoms with Gasteiger partial charge in [0.05, 0.1) is 11.0 Å². The summed E-state index contributed by atoms with van der Waals surface area (Å²) in [6, 6.07) is 2.74. The number of amides is 2. The van der Waals surface area contributed by atoms with Gasteiger partial charge in [-0.15, -0.1) is 22.7 Å². The fourth-order valence-electron chi connectivity index (χ4n) is 1.58. The quantitative estimate of drug-likeness (QED) is 0.658. The van der Waals surface area contributed by atoms with Crippen molar-refractivity contribution in [3.8, 4) is 0 Å². The van der Waals surface area contributed by atoms with Crippen LogP contribution in [0.1, 0.15) is 21.7 Å². The van der Waals surface area contributed by atoms with Crippen molar-refractivity contribution in [3.63, 3.8) is 0 Å². The Morgan fingerprint density at radius 3 is 3.05 bits per heavy atom. The van der Waals surface area contributed by atoms with E-state index in [2.05, 4.69) is 11.1 Å². The second-order valence-corrected chi connectivity index (χ2v) is 6.37. The van der Waals surface area contributed by atoms with E-state index in [0.717, 1.165) is 16.3 Å². The second-order valence-electron chi connectivity index (χ2n) is 4.19. The molecule has 0 aromatic carbocycles. The lowest BCUT2D eigenvalue weighted by atomic mass is 10.3. The van der Waals surface area contributed by atoms with Gasteiger partial charge in [-0.3, -0.25) is 5.21 Å². The number of thiophene rings is 1. The minimum atomic E-state index is -0.863. The fourth-order valence-corrected chi connectivity index (χ4v) is 3.25. The molecule has 0 saturated carbocycles. The van der Waals surface area contributed by atoms with Crippen molar-refractivity contribution >= 4 is 34.8 Å². The van der Waals surface area contributed by atoms with Gasteiger partial charge in [-0.05, 0) is 25.1 Å². The molecule has 106 valence electrons. The Labute approximate surface area is 124 Å². The maximum Gasteiger partial charge on any atom is 0.339 e. The van der Waals surface area contributed by atoms with Crippen LogP contribution in [0.4, 0.5) is 4.79 Å². The zero-order valence-electron chi connectivity index (χ0n) is 10.9. The molecule has 0 unspecified atom stereocenters. The number of carbonyl (C=O) groups is 1. The third-order valence-electron chi connectivity index (χ3n) is 2.64. The fraction of sp³-hybridized carbons (Fsp3) is 0.231. The topological polar surface area (TPSA) is 79.4 Å². The molecule has 0 spiro atoms. The summed E-state index contributed by atoms with van der Waals surface area (Å²) in [6.07, 6.45) is 6.23. The predicted octanol–water partition coefficient (Wildman–Crippen LogP) is 2.97. The second kappa shape index (κ2) is 6.65. The number of rotatable bonds is 5. The molecule has 0 aliphatic carbocycles. The number of hydrogen-bond donors (Lipinski definition) is 2. The van der Waals surface area contributed by atoms with E-state index in [0.29, 0.717) is 5.06 Å². The summed E-state index contributed by atoms with van der Waals surface area (Å²) in [5.74, 6) is 0. The van der Waals surface area contributed by atoms with Gasteiger partial charge >= 0.3 is 6.03 Å². The number of primary amides is 1. The molecule has 7 heteroatoms. The number of nitrogens with two attached hydrogens (primary N) is 1. The van der Waals surface area contributed by atoms with Gasteiger partial charge in [0.1, 0.15) is 0 Å². The molecule has 0 aliphatic rings. The minimum Gasteiger partial charge on any atom is -0.350 e. The van der Waals surface area contributed by atoms with Gasteiger partial charge in [0, 0.05) is 27.8 Å². The van der Waals surface area contributed by atoms with E-state index >= 15 is 0 Å². The molecule has 0 radical (unpaired) electrons. The Morgan fingerprint density at radius 2 is 2.40 bits per heavy atom. The number of carbonyl (C=O) groups excluding carboxylic acids is 1. The summed E-state index contributed by atoms with van der Waals surface area (Å²) < 4.78 is 0. The Kier molecular flexibility index (Phi) is 4.89. The van der Waals surface area contributed by atoms with Crippen molar-refractivity contribution in [1.82, 2.24) is 10.0 Å². The van der Waals surface area contributed by atoms with Crippen molar-refractivity contribution in [2.24, 2.45) is 5.73 Å². The van der Waals surface area contributed by atoms with Crippen molar-refractivity contribution < 1.29 is 10.0 Å². The first-order chi connectivity index (χ1) is 9.56. The summed E-state index contributed by atoms with van der Waals surface area (Å²) in [5.41, 5.74) is 4.99. The van der Waals surface area contributed by atoms with Crippen molar-refractivity contribution in [1.29, 1.82) is 0 Å². The molecule has 2 aromatic rings. The first-order valence-corrected chi connectivity index (χ1v) is 7.68. The van der Waals surface area contributed by atoms with E-state index in [-0.39, 0.29) is 0 Å². The van der Waals surface area contributed by atoms with E-state index in [1.165, 1.54) is 4.88 Å². The number of urea groups is 1. The SMILES string of the molecule is C[C@H](C=Cc1ccc(Cc2nccs2)s1)N(O)C(N)=O. The largest absolute Gasteiger partial charge is 0.350 e. The van der Waals surface area contributed by atoms with Crippen LogP contribution >= 0.6 is 22.7 Å². The minimum absolute atomic E-state index is 0.461. The van der Waals surface area contributed by atoms with E-state index in [1.807, 2.05) is 17.5 Å². The normalized spacial score (nSPS) is 12.7. The molecule has 2 heterocycles. The smallest absolute Gasteiger partial charge is 0.339 e. The van der Waals surface area contributed by atoms with Crippen LogP contribution in [0.15, 0.2) is 29.8 Å². The van der Waals surface area contributed by atoms with Crippen molar-refractivity contribution in [2.45, 2.75) is 19.4 Å². The Morgan fingerprint density at radius 1 is 1.60 bits per heavy atom. The lowest BCUT2D eigenvalue weighted by Gasteiger charge is -2.16. The molecule has 0 fully saturated rings. The van der Waals surface area contributed by atoms with Crippen LogP contribution in [-0.4, -0.2) is 27.3 Å². The zero-order valence-corrected chi connectivity index (χ0v) is 12.5. The number of nitrogens with zero attached hydrogens (tertiary/aromatic N) is 2. The van der Waals surface area contributed by atoms with Gasteiger partial charge in [0.15, 0.2) is 0 Å². The highest BCUT2D eigenvalue weighted by Gasteiger charge is 2.11. The highest BCUT2D eigenvalue weighted by Crippen LogP contribution is 2.22. The van der Waals surface area contributed by atoms with Gasteiger partial charge < -0.3 is 5.73 Å². The Hall–Kier alpha value is -1.70. The highest BCUT2D eigenvalue weighted by molar-refractivity contribution is 7.13. The standard InChI is InChI=1S/C13H15N3O2S2/c1-9(16(18)13(14)17)2-3-10-4-5-11(20-10)8-12-15-6-7-19-12/h2-7,9,18H,8H2,1H3,(H2,14,17)/t9-/m1/s1. The molecule has 0 bridgehead atoms. The van der Waals surface area contributed by atoms with Gasteiger partial charge in [-0.1, -0.05) is 6.08 Å². The number of aromatic nitrogens is 1. The van der Waals surface area contributed by atoms with Crippen LogP contribution in [0, 0.1) is 0 Å². The highest BCUT2D eigenvalue weighted by atomic mass is 32.1. The number of hydroxylamine groups is 2. The Bertz CT molecular complexity index is 593. The Balaban J connectivity index is 1.97. The average Bonchev–Trinajstić information content (AvgIpc) is 3.07. The molecule has 2 rings (SSSR count). The molecular formula is C13H15N3O2S2. The molecule has 2 amide bonds. The molecule has 0 aliphatic heterocycles. The zero-order chi connectivity index (χ0) is 14.5. The molecule has 0 saturated heterocycles. The molecule has 5 nitrogen and oxygen atoms in total. The third-order valence-corrected chi connectivity index (χ3v) is 4.47. The van der Waals surface area contributed by atoms with Crippen molar-refractivity contribution in [3.05, 3.63) is 44.5 Å². The van der Waals surface area contributed by atoms with Crippen LogP contribution < -0.4 is 5.73 Å². The first kappa shape index (κ1) is 14.7. The first-order valence-electron chi connectivity index (χ1n) is 5.99. The number of thiazole rings is 1. The van der Waals surface area contributed by atoms with Crippen LogP contribution in [0.3, 0.4) is 0 Å². The molecule has 1 atom stereocenters. The van der Waals surface area contributed by atoms with E-state index in [9.17, 15) is 10.0 Å². The average molecular weight is 309 g/mol. The summed E-state index contributed by atoms with van der Waals surface area (Å²) in [4.78, 5) is 17.3. The van der Waals surface area contributed by atoms with Crippen LogP contribution in [-0.2, 0) is 6.42 Å². The van der Waals surface area contributed by atoms with Gasteiger partial charge in [0.2, 0.25) is 0 Å². The van der Waals surface area contributed by atoms with Gasteiger partial charge in [-0.25, -0.2) is 9.78 Å². The predicted molar refractivity (Wildman–Crippen MR) is 80.9 cm³/mol. The maximum absolute atomic E-state index is 10.8. The summed E-state index contributed by atoms with van der Waals surface area (Å²) in [7, 11) is 0. The van der Waals surface area contributed by atoms with E-state index in [4.69, 9.17) is 5.73 Å². The molecular weight excluding hydrogens is 294 g/mol. The molecule has 20 heavy (non-hydrogen) atoms. The maximum atomic E-state index is 10.8. The summed E-state index contributed by atoms with van der Waals surface area (Å²) in [5, 5.41) is 12.9. The van der Waals surface area contributed by atoms with Crippen molar-refractivity contribution in [2.75, 3.05) is 0 Å². The lowest BCUT2D eigenvalue weighted by Crippen LogP contribution is -2.38. The summed E-state index contributed by atoms with van der Waals surface area (Å²) in [6.45, 7) is 1.69. The van der Waals surface area contributed by atoms with E-state index < -0.39 is 12.1 Å². The van der Waals surface area contributed by atoms with Crippen LogP contribution in [0.2, 0.25) is 0 Å². The molecule has 2 aromatic heterocycles. The van der Waals surface area contributed by atoms with Crippen LogP contribution in [0.5, 0.6) is 0 Å². The number of hydrogen-bond acceptors (Lipinski definition) is 5. The monoisotopic (exact) mass is 309 g/mol. The van der Waals surface area contributed by atoms with Gasteiger partial charge in [0.25, 0.3) is 0 Å². The molecule has 3 N–H and O–H groups in total. The van der Waals surface area contributed by atoms with Gasteiger partial charge in [-0.2, -0.15) is 5.06 Å². The van der Waals surface area contributed by atoms with Crippen LogP contribution in [0.25, 0.3) is 6.08 Å². The summed E-state index contributed by atoms with van der Waals surface area (Å²) >= 11 is 3.30. The van der Waals surface area contributed by atoms with E-state index in [1.54, 1.807) is 41.9 Å². The third kappa shape index (κ3) is 3.89. The lowest BCUT2D eigenvalue weighted by molar-refractivity contribution is -0.0560.